The van der Waals surface area contributed by atoms with Crippen LogP contribution in [0.2, 0.25) is 5.02 Å². The summed E-state index contributed by atoms with van der Waals surface area (Å²) in [5.41, 5.74) is 0.760. The molecule has 10 heteroatoms. The molecular formula is C22H22ClF3N2O4. The molecule has 0 aliphatic heterocycles. The first-order chi connectivity index (χ1) is 15.3. The number of amides is 2. The Hall–Kier alpha value is -3.20. The Labute approximate surface area is 188 Å². The lowest BCUT2D eigenvalue weighted by atomic mass is 10.1. The van der Waals surface area contributed by atoms with E-state index >= 15 is 0 Å². The fraction of sp³-hybridized carbons (Fsp3) is 0.273. The van der Waals surface area contributed by atoms with Crippen molar-refractivity contribution in [1.82, 2.24) is 10.6 Å². The van der Waals surface area contributed by atoms with Crippen LogP contribution < -0.4 is 20.1 Å². The minimum absolute atomic E-state index is 0.0530. The number of nitrogens with one attached hydrogen (secondary N) is 2. The van der Waals surface area contributed by atoms with Crippen LogP contribution in [0.5, 0.6) is 11.5 Å². The van der Waals surface area contributed by atoms with Gasteiger partial charge in [-0.2, -0.15) is 0 Å². The largest absolute Gasteiger partial charge is 0.487 e. The van der Waals surface area contributed by atoms with E-state index in [0.717, 1.165) is 6.07 Å². The quantitative estimate of drug-likeness (QED) is 0.462. The van der Waals surface area contributed by atoms with Gasteiger partial charge in [-0.1, -0.05) is 36.4 Å². The number of ether oxygens (including phenoxy) is 2. The van der Waals surface area contributed by atoms with Crippen molar-refractivity contribution in [2.75, 3.05) is 19.8 Å². The van der Waals surface area contributed by atoms with Crippen LogP contribution in [0.15, 0.2) is 54.6 Å². The van der Waals surface area contributed by atoms with Crippen molar-refractivity contribution in [3.8, 4) is 11.5 Å². The minimum atomic E-state index is -2.61. The SMILES string of the molecule is C=C(CCNC(=O)COc1ccc(Cl)c(F)c1)C(=O)NCc1ccccc1OCC(F)F. The number of rotatable bonds is 12. The molecule has 0 saturated carbocycles. The zero-order valence-electron chi connectivity index (χ0n) is 17.0. The van der Waals surface area contributed by atoms with E-state index in [4.69, 9.17) is 21.1 Å². The molecule has 0 saturated heterocycles. The predicted octanol–water partition coefficient (Wildman–Crippen LogP) is 3.88. The first-order valence-corrected chi connectivity index (χ1v) is 9.93. The van der Waals surface area contributed by atoms with Crippen molar-refractivity contribution in [2.45, 2.75) is 19.4 Å². The van der Waals surface area contributed by atoms with Crippen molar-refractivity contribution >= 4 is 23.4 Å². The number of benzene rings is 2. The lowest BCUT2D eigenvalue weighted by Crippen LogP contribution is -2.31. The molecule has 172 valence electrons. The van der Waals surface area contributed by atoms with Crippen LogP contribution in [0.3, 0.4) is 0 Å². The molecule has 2 aromatic carbocycles. The molecule has 2 amide bonds. The summed E-state index contributed by atoms with van der Waals surface area (Å²) in [6, 6.07) is 10.3. The molecule has 2 aromatic rings. The van der Waals surface area contributed by atoms with Crippen LogP contribution in [0.1, 0.15) is 12.0 Å². The number of carbonyl (C=O) groups is 2. The molecular weight excluding hydrogens is 449 g/mol. The Morgan fingerprint density at radius 3 is 2.56 bits per heavy atom. The fourth-order valence-electron chi connectivity index (χ4n) is 2.48. The minimum Gasteiger partial charge on any atom is -0.487 e. The fourth-order valence-corrected chi connectivity index (χ4v) is 2.59. The van der Waals surface area contributed by atoms with Gasteiger partial charge in [0.25, 0.3) is 12.3 Å². The second-order valence-electron chi connectivity index (χ2n) is 6.56. The highest BCUT2D eigenvalue weighted by molar-refractivity contribution is 6.30. The van der Waals surface area contributed by atoms with Crippen LogP contribution in [0.4, 0.5) is 13.2 Å². The maximum atomic E-state index is 13.3. The number of halogens is 4. The molecule has 0 atom stereocenters. The molecule has 0 aromatic heterocycles. The number of hydrogen-bond acceptors (Lipinski definition) is 4. The van der Waals surface area contributed by atoms with Gasteiger partial charge in [-0.3, -0.25) is 9.59 Å². The molecule has 0 unspecified atom stereocenters. The maximum Gasteiger partial charge on any atom is 0.272 e. The summed E-state index contributed by atoms with van der Waals surface area (Å²) >= 11 is 5.57. The van der Waals surface area contributed by atoms with Crippen molar-refractivity contribution in [1.29, 1.82) is 0 Å². The Bertz CT molecular complexity index is 957. The molecule has 6 nitrogen and oxygen atoms in total. The van der Waals surface area contributed by atoms with Crippen LogP contribution in [-0.4, -0.2) is 38.0 Å². The molecule has 0 aliphatic rings. The van der Waals surface area contributed by atoms with E-state index in [-0.39, 0.29) is 48.2 Å². The molecule has 2 N–H and O–H groups in total. The summed E-state index contributed by atoms with van der Waals surface area (Å²) < 4.78 is 48.2. The van der Waals surface area contributed by atoms with Gasteiger partial charge < -0.3 is 20.1 Å². The highest BCUT2D eigenvalue weighted by atomic mass is 35.5. The second-order valence-corrected chi connectivity index (χ2v) is 6.97. The summed E-state index contributed by atoms with van der Waals surface area (Å²) in [4.78, 5) is 24.0. The Kier molecular flexibility index (Phi) is 9.87. The monoisotopic (exact) mass is 470 g/mol. The van der Waals surface area contributed by atoms with Gasteiger partial charge in [0, 0.05) is 30.3 Å². The lowest BCUT2D eigenvalue weighted by Gasteiger charge is -2.13. The van der Waals surface area contributed by atoms with Crippen molar-refractivity contribution < 1.29 is 32.2 Å². The van der Waals surface area contributed by atoms with E-state index in [2.05, 4.69) is 17.2 Å². The highest BCUT2D eigenvalue weighted by Gasteiger charge is 2.11. The standard InChI is InChI=1S/C22H22ClF3N2O4/c1-14(8-9-27-21(29)13-31-16-6-7-17(23)18(24)10-16)22(30)28-11-15-4-2-3-5-19(15)32-12-20(25)26/h2-7,10,20H,1,8-9,11-13H2,(H,27,29)(H,28,30). The first-order valence-electron chi connectivity index (χ1n) is 9.55. The molecule has 32 heavy (non-hydrogen) atoms. The van der Waals surface area contributed by atoms with Gasteiger partial charge in [0.1, 0.15) is 23.9 Å². The number of alkyl halides is 2. The number of hydrogen-bond donors (Lipinski definition) is 2. The normalized spacial score (nSPS) is 10.5. The third kappa shape index (κ3) is 8.50. The first kappa shape index (κ1) is 25.1. The van der Waals surface area contributed by atoms with Gasteiger partial charge >= 0.3 is 0 Å². The summed E-state index contributed by atoms with van der Waals surface area (Å²) in [6.07, 6.45) is -2.43. The van der Waals surface area contributed by atoms with Gasteiger partial charge in [-0.15, -0.1) is 0 Å². The summed E-state index contributed by atoms with van der Waals surface area (Å²) in [7, 11) is 0. The van der Waals surface area contributed by atoms with E-state index in [0.29, 0.717) is 5.56 Å². The zero-order chi connectivity index (χ0) is 23.5. The highest BCUT2D eigenvalue weighted by Crippen LogP contribution is 2.20. The van der Waals surface area contributed by atoms with E-state index < -0.39 is 30.7 Å². The topological polar surface area (TPSA) is 76.7 Å². The lowest BCUT2D eigenvalue weighted by molar-refractivity contribution is -0.123. The summed E-state index contributed by atoms with van der Waals surface area (Å²) in [5.74, 6) is -1.15. The van der Waals surface area contributed by atoms with Gasteiger partial charge in [-0.05, 0) is 24.6 Å². The maximum absolute atomic E-state index is 13.3. The Morgan fingerprint density at radius 2 is 1.84 bits per heavy atom. The Morgan fingerprint density at radius 1 is 1.09 bits per heavy atom. The molecule has 0 fully saturated rings. The number of para-hydroxylation sites is 1. The summed E-state index contributed by atoms with van der Waals surface area (Å²) in [5, 5.41) is 5.14. The van der Waals surface area contributed by atoms with Crippen molar-refractivity contribution in [3.05, 3.63) is 71.0 Å². The van der Waals surface area contributed by atoms with Crippen molar-refractivity contribution in [2.24, 2.45) is 0 Å². The van der Waals surface area contributed by atoms with E-state index in [9.17, 15) is 22.8 Å². The molecule has 0 heterocycles. The Balaban J connectivity index is 1.70. The second kappa shape index (κ2) is 12.6. The zero-order valence-corrected chi connectivity index (χ0v) is 17.8. The van der Waals surface area contributed by atoms with Gasteiger partial charge in [0.2, 0.25) is 5.91 Å². The van der Waals surface area contributed by atoms with Crippen LogP contribution in [0, 0.1) is 5.82 Å². The molecule has 0 radical (unpaired) electrons. The smallest absolute Gasteiger partial charge is 0.272 e. The predicted molar refractivity (Wildman–Crippen MR) is 113 cm³/mol. The molecule has 0 spiro atoms. The van der Waals surface area contributed by atoms with Gasteiger partial charge in [-0.25, -0.2) is 13.2 Å². The van der Waals surface area contributed by atoms with E-state index in [1.54, 1.807) is 18.2 Å². The van der Waals surface area contributed by atoms with E-state index in [1.165, 1.54) is 18.2 Å². The average Bonchev–Trinajstić information content (AvgIpc) is 2.77. The average molecular weight is 471 g/mol. The van der Waals surface area contributed by atoms with Crippen LogP contribution in [-0.2, 0) is 16.1 Å². The third-order valence-corrected chi connectivity index (χ3v) is 4.41. The summed E-state index contributed by atoms with van der Waals surface area (Å²) in [6.45, 7) is 2.80. The molecule has 0 bridgehead atoms. The van der Waals surface area contributed by atoms with Crippen LogP contribution in [0.25, 0.3) is 0 Å². The third-order valence-electron chi connectivity index (χ3n) is 4.11. The van der Waals surface area contributed by atoms with Gasteiger partial charge in [0.15, 0.2) is 6.61 Å². The van der Waals surface area contributed by atoms with Crippen molar-refractivity contribution in [3.63, 3.8) is 0 Å². The molecule has 0 aliphatic carbocycles. The van der Waals surface area contributed by atoms with Crippen LogP contribution >= 0.6 is 11.6 Å². The number of carbonyl (C=O) groups excluding carboxylic acids is 2. The molecule has 2 rings (SSSR count). The van der Waals surface area contributed by atoms with Gasteiger partial charge in [0.05, 0.1) is 5.02 Å². The van der Waals surface area contributed by atoms with E-state index in [1.807, 2.05) is 0 Å².